The molecule has 0 aromatic heterocycles. The minimum Gasteiger partial charge on any atom is -0.311 e. The van der Waals surface area contributed by atoms with Crippen LogP contribution in [0, 0.1) is 6.42 Å². The van der Waals surface area contributed by atoms with Gasteiger partial charge in [0.15, 0.2) is 6.20 Å². The van der Waals surface area contributed by atoms with Crippen LogP contribution < -0.4 is 5.32 Å². The normalized spacial score (nSPS) is 17.2. The number of nitrogens with one attached hydrogen (secondary N) is 1. The second-order valence-electron chi connectivity index (χ2n) is 5.25. The van der Waals surface area contributed by atoms with E-state index in [1.807, 2.05) is 0 Å². The molecule has 97 valence electrons. The highest BCUT2D eigenvalue weighted by molar-refractivity contribution is 6.08. The SMILES string of the molecule is C[N+](C)(C=C1C=CC=C[CH+]1)CCNCCCC[Si]. The van der Waals surface area contributed by atoms with Gasteiger partial charge in [-0.15, -0.1) is 0 Å². The van der Waals surface area contributed by atoms with E-state index in [2.05, 4.69) is 66.6 Å². The van der Waals surface area contributed by atoms with Crippen molar-refractivity contribution in [3.8, 4) is 0 Å². The molecule has 1 aliphatic rings. The summed E-state index contributed by atoms with van der Waals surface area (Å²) in [6.07, 6.45) is 15.3. The van der Waals surface area contributed by atoms with Crippen LogP contribution in [0.15, 0.2) is 36.1 Å². The highest BCUT2D eigenvalue weighted by Gasteiger charge is 2.17. The van der Waals surface area contributed by atoms with E-state index in [1.165, 1.54) is 18.4 Å². The molecule has 0 aliphatic heterocycles. The smallest absolute Gasteiger partial charge is 0.177 e. The molecule has 0 bridgehead atoms. The molecule has 3 heteroatoms. The van der Waals surface area contributed by atoms with Gasteiger partial charge in [0.1, 0.15) is 12.1 Å². The molecular formula is C15H25N2Si+2. The van der Waals surface area contributed by atoms with Crippen LogP contribution in [0.2, 0.25) is 6.04 Å². The summed E-state index contributed by atoms with van der Waals surface area (Å²) in [4.78, 5) is 0. The number of quaternary nitrogens is 1. The standard InChI is InChI=1S/C15H25N2Si/c1-17(2,12-11-16-10-6-7-13-18)14-15-8-4-3-5-9-15/h3-5,8-9,14,16H,6-7,10-13H2,1-2H3/q+2. The zero-order valence-corrected chi connectivity index (χ0v) is 12.7. The van der Waals surface area contributed by atoms with Crippen molar-refractivity contribution in [2.24, 2.45) is 0 Å². The van der Waals surface area contributed by atoms with Gasteiger partial charge in [-0.3, -0.25) is 4.48 Å². The summed E-state index contributed by atoms with van der Waals surface area (Å²) in [6.45, 7) is 3.30. The lowest BCUT2D eigenvalue weighted by Gasteiger charge is -2.23. The van der Waals surface area contributed by atoms with Crippen molar-refractivity contribution in [2.45, 2.75) is 18.9 Å². The Morgan fingerprint density at radius 3 is 2.78 bits per heavy atom. The highest BCUT2D eigenvalue weighted by atomic mass is 28.1. The molecule has 0 spiro atoms. The molecular weight excluding hydrogens is 236 g/mol. The second-order valence-corrected chi connectivity index (χ2v) is 5.75. The number of hydrogen-bond donors (Lipinski definition) is 1. The first-order valence-corrected chi connectivity index (χ1v) is 7.44. The second kappa shape index (κ2) is 8.35. The van der Waals surface area contributed by atoms with Gasteiger partial charge in [0, 0.05) is 47.5 Å². The van der Waals surface area contributed by atoms with Gasteiger partial charge in [0.2, 0.25) is 0 Å². The summed E-state index contributed by atoms with van der Waals surface area (Å²) < 4.78 is 0.912. The monoisotopic (exact) mass is 261 g/mol. The van der Waals surface area contributed by atoms with Crippen LogP contribution in [0.5, 0.6) is 0 Å². The maximum atomic E-state index is 3.50. The molecule has 0 aromatic carbocycles. The van der Waals surface area contributed by atoms with Crippen molar-refractivity contribution in [3.05, 3.63) is 42.5 Å². The Balaban J connectivity index is 2.23. The Morgan fingerprint density at radius 2 is 2.11 bits per heavy atom. The predicted octanol–water partition coefficient (Wildman–Crippen LogP) is 2.23. The first kappa shape index (κ1) is 15.3. The lowest BCUT2D eigenvalue weighted by atomic mass is 10.1. The van der Waals surface area contributed by atoms with Gasteiger partial charge in [0.25, 0.3) is 0 Å². The zero-order chi connectivity index (χ0) is 13.3. The Bertz CT molecular complexity index is 316. The summed E-state index contributed by atoms with van der Waals surface area (Å²) in [6, 6.07) is 1.10. The van der Waals surface area contributed by atoms with Gasteiger partial charge < -0.3 is 5.32 Å². The first-order valence-electron chi connectivity index (χ1n) is 6.73. The lowest BCUT2D eigenvalue weighted by Crippen LogP contribution is -2.40. The minimum absolute atomic E-state index is 0.912. The van der Waals surface area contributed by atoms with Gasteiger partial charge in [-0.25, -0.2) is 0 Å². The largest absolute Gasteiger partial charge is 0.311 e. The molecule has 0 aromatic rings. The molecule has 0 amide bonds. The van der Waals surface area contributed by atoms with Crippen LogP contribution in [-0.4, -0.2) is 48.5 Å². The van der Waals surface area contributed by atoms with Crippen molar-refractivity contribution in [2.75, 3.05) is 33.7 Å². The number of unbranched alkanes of at least 4 members (excludes halogenated alkanes) is 1. The van der Waals surface area contributed by atoms with E-state index in [1.54, 1.807) is 0 Å². The highest BCUT2D eigenvalue weighted by Crippen LogP contribution is 2.12. The molecule has 1 rings (SSSR count). The number of rotatable bonds is 8. The summed E-state index contributed by atoms with van der Waals surface area (Å²) >= 11 is 0. The van der Waals surface area contributed by atoms with Gasteiger partial charge in [-0.1, -0.05) is 12.5 Å². The summed E-state index contributed by atoms with van der Waals surface area (Å²) in [5, 5.41) is 3.50. The van der Waals surface area contributed by atoms with Gasteiger partial charge in [0.05, 0.1) is 14.1 Å². The Hall–Kier alpha value is -0.773. The third-order valence-electron chi connectivity index (χ3n) is 2.94. The molecule has 0 saturated heterocycles. The predicted molar refractivity (Wildman–Crippen MR) is 80.3 cm³/mol. The number of hydrogen-bond acceptors (Lipinski definition) is 1. The third-order valence-corrected chi connectivity index (χ3v) is 3.30. The number of likely N-dealkylation sites (N-methyl/N-ethyl adjacent to an activating group) is 1. The quantitative estimate of drug-likeness (QED) is 0.306. The van der Waals surface area contributed by atoms with Crippen LogP contribution in [0.25, 0.3) is 0 Å². The van der Waals surface area contributed by atoms with E-state index < -0.39 is 0 Å². The molecule has 0 fully saturated rings. The fourth-order valence-electron chi connectivity index (χ4n) is 1.87. The van der Waals surface area contributed by atoms with Crippen LogP contribution in [0.4, 0.5) is 0 Å². The van der Waals surface area contributed by atoms with Gasteiger partial charge in [-0.05, 0) is 13.0 Å². The molecule has 0 saturated carbocycles. The fraction of sp³-hybridized carbons (Fsp3) is 0.533. The van der Waals surface area contributed by atoms with Crippen LogP contribution in [0.1, 0.15) is 12.8 Å². The van der Waals surface area contributed by atoms with E-state index in [4.69, 9.17) is 0 Å². The van der Waals surface area contributed by atoms with E-state index >= 15 is 0 Å². The Kier molecular flexibility index (Phi) is 7.09. The van der Waals surface area contributed by atoms with E-state index in [-0.39, 0.29) is 0 Å². The average molecular weight is 261 g/mol. The minimum atomic E-state index is 0.912. The fourth-order valence-corrected chi connectivity index (χ4v) is 2.12. The molecule has 0 heterocycles. The molecule has 3 radical (unpaired) electrons. The Labute approximate surface area is 115 Å². The van der Waals surface area contributed by atoms with Crippen molar-refractivity contribution in [1.29, 1.82) is 0 Å². The number of allylic oxidation sites excluding steroid dienone is 5. The number of nitrogens with zero attached hydrogens (tertiary/aromatic N) is 1. The molecule has 0 unspecified atom stereocenters. The molecule has 2 nitrogen and oxygen atoms in total. The van der Waals surface area contributed by atoms with Crippen molar-refractivity contribution < 1.29 is 4.48 Å². The van der Waals surface area contributed by atoms with Gasteiger partial charge in [-0.2, -0.15) is 0 Å². The summed E-state index contributed by atoms with van der Waals surface area (Å²) in [7, 11) is 7.98. The van der Waals surface area contributed by atoms with E-state index in [0.717, 1.165) is 30.2 Å². The molecule has 18 heavy (non-hydrogen) atoms. The Morgan fingerprint density at radius 1 is 1.28 bits per heavy atom. The lowest BCUT2D eigenvalue weighted by molar-refractivity contribution is -0.837. The summed E-state index contributed by atoms with van der Waals surface area (Å²) in [5.41, 5.74) is 1.29. The molecule has 1 N–H and O–H groups in total. The zero-order valence-electron chi connectivity index (χ0n) is 11.7. The maximum absolute atomic E-state index is 3.50. The van der Waals surface area contributed by atoms with Crippen molar-refractivity contribution in [1.82, 2.24) is 5.32 Å². The third kappa shape index (κ3) is 6.84. The van der Waals surface area contributed by atoms with Gasteiger partial charge >= 0.3 is 0 Å². The topological polar surface area (TPSA) is 12.0 Å². The first-order chi connectivity index (χ1) is 8.64. The van der Waals surface area contributed by atoms with E-state index in [9.17, 15) is 0 Å². The van der Waals surface area contributed by atoms with Crippen molar-refractivity contribution in [3.63, 3.8) is 0 Å². The van der Waals surface area contributed by atoms with Crippen LogP contribution >= 0.6 is 0 Å². The molecule has 0 atom stereocenters. The molecule has 1 aliphatic carbocycles. The summed E-state index contributed by atoms with van der Waals surface area (Å²) in [5.74, 6) is 0. The van der Waals surface area contributed by atoms with Crippen molar-refractivity contribution >= 4 is 10.2 Å². The average Bonchev–Trinajstić information content (AvgIpc) is 2.34. The van der Waals surface area contributed by atoms with E-state index in [0.29, 0.717) is 0 Å². The maximum Gasteiger partial charge on any atom is 0.177 e. The van der Waals surface area contributed by atoms with Crippen LogP contribution in [0.3, 0.4) is 0 Å². The van der Waals surface area contributed by atoms with Crippen LogP contribution in [-0.2, 0) is 0 Å².